The Morgan fingerprint density at radius 3 is 2.56 bits per heavy atom. The number of ketones is 1. The maximum atomic E-state index is 14.4. The molecule has 0 amide bonds. The topological polar surface area (TPSA) is 110 Å². The minimum atomic E-state index is -0.445. The maximum absolute atomic E-state index is 14.4. The van der Waals surface area contributed by atoms with Crippen molar-refractivity contribution in [2.24, 2.45) is 56.7 Å². The van der Waals surface area contributed by atoms with Gasteiger partial charge in [-0.05, 0) is 121 Å². The van der Waals surface area contributed by atoms with Gasteiger partial charge in [-0.25, -0.2) is 0 Å². The van der Waals surface area contributed by atoms with Crippen molar-refractivity contribution in [2.45, 2.75) is 113 Å². The lowest BCUT2D eigenvalue weighted by atomic mass is 9.33. The highest BCUT2D eigenvalue weighted by Crippen LogP contribution is 2.75. The molecule has 7 rings (SSSR count). The molecule has 5 aliphatic rings. The minimum Gasteiger partial charge on any atom is -0.465 e. The van der Waals surface area contributed by atoms with E-state index in [9.17, 15) is 9.59 Å². The van der Waals surface area contributed by atoms with Gasteiger partial charge >= 0.3 is 5.97 Å². The second-order valence-electron chi connectivity index (χ2n) is 17.6. The van der Waals surface area contributed by atoms with E-state index in [1.54, 1.807) is 5.57 Å². The summed E-state index contributed by atoms with van der Waals surface area (Å²) in [6, 6.07) is 7.93. The first-order chi connectivity index (χ1) is 22.8. The lowest BCUT2D eigenvalue weighted by molar-refractivity contribution is -0.192. The number of hydrogen-bond acceptors (Lipinski definition) is 7. The molecule has 0 saturated heterocycles. The molecule has 2 aromatic rings. The van der Waals surface area contributed by atoms with Crippen LogP contribution in [0.15, 0.2) is 35.9 Å². The highest BCUT2D eigenvalue weighted by molar-refractivity contribution is 5.85. The average Bonchev–Trinajstić information content (AvgIpc) is 3.60. The van der Waals surface area contributed by atoms with Crippen LogP contribution in [0.1, 0.15) is 113 Å². The van der Waals surface area contributed by atoms with E-state index in [1.807, 2.05) is 24.3 Å². The molecule has 4 saturated carbocycles. The number of benzene rings is 1. The predicted molar refractivity (Wildman–Crippen MR) is 188 cm³/mol. The summed E-state index contributed by atoms with van der Waals surface area (Å²) >= 11 is 0. The van der Waals surface area contributed by atoms with Crippen LogP contribution in [0, 0.1) is 56.7 Å². The Morgan fingerprint density at radius 1 is 1.00 bits per heavy atom. The monoisotopic (exact) mass is 655 g/mol. The summed E-state index contributed by atoms with van der Waals surface area (Å²) in [5, 5.41) is 18.0. The number of anilines is 1. The van der Waals surface area contributed by atoms with Gasteiger partial charge in [-0.3, -0.25) is 9.59 Å². The van der Waals surface area contributed by atoms with Crippen molar-refractivity contribution < 1.29 is 14.3 Å². The minimum absolute atomic E-state index is 0.0249. The number of allylic oxidation sites excluding steroid dienone is 2. The lowest BCUT2D eigenvalue weighted by Crippen LogP contribution is -2.65. The largest absolute Gasteiger partial charge is 0.465 e. The molecule has 8 nitrogen and oxygen atoms in total. The number of aromatic nitrogens is 4. The number of nitrogens with one attached hydrogen (secondary N) is 2. The third-order valence-electron chi connectivity index (χ3n) is 15.5. The molecule has 0 unspecified atom stereocenters. The van der Waals surface area contributed by atoms with Crippen LogP contribution in [0.5, 0.6) is 0 Å². The summed E-state index contributed by atoms with van der Waals surface area (Å²) < 4.78 is 6.25. The molecule has 5 aliphatic carbocycles. The van der Waals surface area contributed by atoms with Crippen LogP contribution in [0.3, 0.4) is 0 Å². The molecule has 260 valence electrons. The van der Waals surface area contributed by atoms with E-state index >= 15 is 0 Å². The van der Waals surface area contributed by atoms with Gasteiger partial charge in [-0.1, -0.05) is 72.2 Å². The van der Waals surface area contributed by atoms with Crippen LogP contribution >= 0.6 is 0 Å². The van der Waals surface area contributed by atoms with Crippen molar-refractivity contribution in [3.05, 3.63) is 35.9 Å². The van der Waals surface area contributed by atoms with Gasteiger partial charge in [-0.15, -0.1) is 10.2 Å². The highest BCUT2D eigenvalue weighted by atomic mass is 16.5. The molecule has 2 N–H and O–H groups in total. The molecule has 1 aromatic heterocycles. The van der Waals surface area contributed by atoms with Crippen LogP contribution in [-0.4, -0.2) is 45.5 Å². The summed E-state index contributed by atoms with van der Waals surface area (Å²) in [7, 11) is 0. The van der Waals surface area contributed by atoms with E-state index in [-0.39, 0.29) is 33.5 Å². The molecule has 1 heterocycles. The first-order valence-electron chi connectivity index (χ1n) is 18.8. The number of Topliss-reactive ketones (excluding diaryl/α,β-unsaturated/α-hetero) is 1. The Hall–Kier alpha value is -3.03. The fourth-order valence-electron chi connectivity index (χ4n) is 12.4. The first kappa shape index (κ1) is 33.5. The molecule has 8 heteroatoms. The van der Waals surface area contributed by atoms with Gasteiger partial charge in [0.15, 0.2) is 0 Å². The van der Waals surface area contributed by atoms with Crippen molar-refractivity contribution in [2.75, 3.05) is 18.5 Å². The first-order valence-corrected chi connectivity index (χ1v) is 18.8. The van der Waals surface area contributed by atoms with Crippen molar-refractivity contribution in [1.29, 1.82) is 0 Å². The fourth-order valence-corrected chi connectivity index (χ4v) is 12.4. The second-order valence-corrected chi connectivity index (χ2v) is 17.6. The zero-order chi connectivity index (χ0) is 34.1. The molecule has 0 spiro atoms. The van der Waals surface area contributed by atoms with Crippen LogP contribution in [0.25, 0.3) is 11.4 Å². The number of fused-ring (bicyclic) bond motifs is 7. The van der Waals surface area contributed by atoms with Crippen LogP contribution in [0.4, 0.5) is 5.69 Å². The summed E-state index contributed by atoms with van der Waals surface area (Å²) in [4.78, 5) is 27.5. The molecule has 1 aromatic carbocycles. The second kappa shape index (κ2) is 11.8. The number of hydrogen-bond donors (Lipinski definition) is 2. The Bertz CT molecular complexity index is 1580. The maximum Gasteiger partial charge on any atom is 0.312 e. The average molecular weight is 656 g/mol. The molecular formula is C40H57N5O3. The van der Waals surface area contributed by atoms with Crippen LogP contribution in [-0.2, 0) is 14.3 Å². The number of tetrazole rings is 1. The van der Waals surface area contributed by atoms with Gasteiger partial charge in [0.2, 0.25) is 5.82 Å². The quantitative estimate of drug-likeness (QED) is 0.175. The summed E-state index contributed by atoms with van der Waals surface area (Å²) in [5.74, 6) is 3.26. The standard InChI is InChI=1S/C40H57N5O3/c1-25-15-20-40(35(47)48-24-10-23-41-29-12-9-8-11-27(29)34-42-44-45-43-34)22-21-38(6)28(33(40)26(25)2)13-14-31-37(5)18-17-32(46)36(3,4)30(37)16-19-39(31,38)7/h8-9,11-13,25-26,30-31,33,41H,10,14-24H2,1-7H3,(H,42,43,44,45)/t25-,26+,30+,31-,33+,37+,38-,39-,40+/m1/s1. The summed E-state index contributed by atoms with van der Waals surface area (Å²) in [6.07, 6.45) is 12.4. The van der Waals surface area contributed by atoms with Crippen LogP contribution < -0.4 is 5.32 Å². The normalized spacial score (nSPS) is 40.0. The number of ether oxygens (including phenoxy) is 1. The van der Waals surface area contributed by atoms with Gasteiger partial charge in [0, 0.05) is 29.6 Å². The zero-order valence-corrected chi connectivity index (χ0v) is 30.3. The van der Waals surface area contributed by atoms with Crippen molar-refractivity contribution >= 4 is 17.4 Å². The number of rotatable bonds is 7. The smallest absolute Gasteiger partial charge is 0.312 e. The molecule has 0 bridgehead atoms. The van der Waals surface area contributed by atoms with E-state index in [1.165, 1.54) is 6.42 Å². The third kappa shape index (κ3) is 4.77. The number of para-hydroxylation sites is 1. The Labute approximate surface area is 287 Å². The molecule has 0 radical (unpaired) electrons. The van der Waals surface area contributed by atoms with E-state index in [4.69, 9.17) is 4.74 Å². The predicted octanol–water partition coefficient (Wildman–Crippen LogP) is 8.44. The van der Waals surface area contributed by atoms with E-state index < -0.39 is 5.41 Å². The van der Waals surface area contributed by atoms with Crippen LogP contribution in [0.2, 0.25) is 0 Å². The van der Waals surface area contributed by atoms with Crippen molar-refractivity contribution in [3.63, 3.8) is 0 Å². The van der Waals surface area contributed by atoms with Crippen molar-refractivity contribution in [1.82, 2.24) is 20.6 Å². The van der Waals surface area contributed by atoms with E-state index in [2.05, 4.69) is 80.5 Å². The molecule has 9 atom stereocenters. The number of carbonyl (C=O) groups is 2. The Morgan fingerprint density at radius 2 is 1.79 bits per heavy atom. The number of carbonyl (C=O) groups excluding carboxylic acids is 2. The molecule has 48 heavy (non-hydrogen) atoms. The SMILES string of the molecule is C[C@H]1[C@H](C)CC[C@]2(C(=O)OCCCNc3ccccc3-c3nn[nH]n3)CC[C@]3(C)C(=CC[C@@H]4[C@@]5(C)CCC(=O)C(C)(C)[C@@H]5CC[C@]43C)[C@H]12. The van der Waals surface area contributed by atoms with Gasteiger partial charge < -0.3 is 10.1 Å². The zero-order valence-electron chi connectivity index (χ0n) is 30.3. The van der Waals surface area contributed by atoms with Gasteiger partial charge in [0.1, 0.15) is 5.78 Å². The summed E-state index contributed by atoms with van der Waals surface area (Å²) in [5.41, 5.74) is 3.06. The number of nitrogens with zero attached hydrogens (tertiary/aromatic N) is 3. The Balaban J connectivity index is 1.10. The van der Waals surface area contributed by atoms with E-state index in [0.717, 1.165) is 62.6 Å². The Kier molecular flexibility index (Phi) is 8.22. The van der Waals surface area contributed by atoms with Gasteiger partial charge in [-0.2, -0.15) is 5.21 Å². The molecule has 0 aliphatic heterocycles. The summed E-state index contributed by atoms with van der Waals surface area (Å²) in [6.45, 7) is 18.0. The van der Waals surface area contributed by atoms with Gasteiger partial charge in [0.05, 0.1) is 12.0 Å². The fraction of sp³-hybridized carbons (Fsp3) is 0.725. The lowest BCUT2D eigenvalue weighted by Gasteiger charge is -2.70. The van der Waals surface area contributed by atoms with Crippen molar-refractivity contribution in [3.8, 4) is 11.4 Å². The number of aromatic amines is 1. The highest BCUT2D eigenvalue weighted by Gasteiger charge is 2.69. The molecule has 4 fully saturated rings. The molecular weight excluding hydrogens is 598 g/mol. The van der Waals surface area contributed by atoms with Gasteiger partial charge in [0.25, 0.3) is 0 Å². The third-order valence-corrected chi connectivity index (χ3v) is 15.5. The number of H-pyrrole nitrogens is 1. The number of esters is 1. The van der Waals surface area contributed by atoms with E-state index in [0.29, 0.717) is 54.9 Å².